The second kappa shape index (κ2) is 40.6. The first kappa shape index (κ1) is 96.9. The molecule has 0 aliphatic carbocycles. The molecule has 0 spiro atoms. The van der Waals surface area contributed by atoms with Crippen molar-refractivity contribution < 1.29 is 114 Å². The molecule has 16 aromatic rings. The number of rotatable bonds is 31. The fourth-order valence-electron chi connectivity index (χ4n) is 12.0. The Hall–Kier alpha value is -16.7. The van der Waals surface area contributed by atoms with Crippen molar-refractivity contribution in [2.24, 2.45) is 17.2 Å². The number of hydrogen-bond donors (Lipinski definition) is 11. The van der Waals surface area contributed by atoms with Gasteiger partial charge in [0.15, 0.2) is 86.6 Å². The van der Waals surface area contributed by atoms with E-state index in [4.69, 9.17) is 35.3 Å². The molecule has 4 aromatic carbocycles. The monoisotopic (exact) mass is 1900 g/mol. The van der Waals surface area contributed by atoms with E-state index in [1.165, 1.54) is 106 Å². The van der Waals surface area contributed by atoms with Crippen LogP contribution in [0, 0.1) is 46.5 Å². The zero-order valence-corrected chi connectivity index (χ0v) is 70.2. The summed E-state index contributed by atoms with van der Waals surface area (Å²) in [5.41, 5.74) is 9.45. The number of anilines is 4. The number of alkyl halides is 6. The van der Waals surface area contributed by atoms with Gasteiger partial charge in [-0.05, 0) is 69.3 Å². The van der Waals surface area contributed by atoms with Crippen LogP contribution < -0.4 is 38.5 Å². The lowest BCUT2D eigenvalue weighted by Crippen LogP contribution is -2.59. The summed E-state index contributed by atoms with van der Waals surface area (Å²) in [6.45, 7) is -0.230. The summed E-state index contributed by atoms with van der Waals surface area (Å²) >= 11 is 0. The Bertz CT molecular complexity index is 6680. The van der Waals surface area contributed by atoms with Gasteiger partial charge in [0.2, 0.25) is 0 Å². The Morgan fingerprint density at radius 2 is 0.574 bits per heavy atom. The first-order chi connectivity index (χ1) is 64.5. The van der Waals surface area contributed by atoms with E-state index in [2.05, 4.69) is 96.8 Å². The molecule has 16 rings (SSSR count). The van der Waals surface area contributed by atoms with Crippen LogP contribution in [0.25, 0.3) is 91.6 Å². The fourth-order valence-corrected chi connectivity index (χ4v) is 12.0. The molecule has 706 valence electrons. The molecule has 0 fully saturated rings. The maximum Gasteiger partial charge on any atom is 0.428 e. The van der Waals surface area contributed by atoms with Crippen LogP contribution in [-0.4, -0.2) is 199 Å². The molecule has 136 heavy (non-hydrogen) atoms. The van der Waals surface area contributed by atoms with Gasteiger partial charge in [0, 0.05) is 46.5 Å². The molecule has 0 bridgehead atoms. The quantitative estimate of drug-likeness (QED) is 0.0180. The van der Waals surface area contributed by atoms with Gasteiger partial charge in [0.1, 0.15) is 93.9 Å². The van der Waals surface area contributed by atoms with Gasteiger partial charge in [0.05, 0.1) is 99.9 Å². The van der Waals surface area contributed by atoms with Crippen molar-refractivity contribution in [3.63, 3.8) is 0 Å². The SMILES string of the molecule is CC(O)(CNc1nc(-c2cc(-c3ccon3)n(Cc3ccccc3F)n2)ncc1F)C(F)(F)F.CC(O)(CNc1nc(-c2cc(-c3ccon3)n(Cc3ccccc3F)n2)ncc1F)C(N)=O.C[C@](O)(CNc1nc(-c2cc(-c3ccon3)n(Cc3ccccc3F)n2)ncc1F)C(N)=O.NC(=O)[C@](O)(CNc1nc(-c2cc(-c3ccon3)n(Cc3ccccc3F)n2)ncc1F)C(F)(F)F. The van der Waals surface area contributed by atoms with E-state index in [0.717, 1.165) is 18.6 Å². The Morgan fingerprint density at radius 3 is 0.787 bits per heavy atom. The smallest absolute Gasteiger partial charge is 0.379 e. The summed E-state index contributed by atoms with van der Waals surface area (Å²) in [5, 5.41) is 81.5. The Balaban J connectivity index is 0.000000153. The highest BCUT2D eigenvalue weighted by Gasteiger charge is 2.59. The van der Waals surface area contributed by atoms with Crippen LogP contribution in [0.1, 0.15) is 43.0 Å². The van der Waals surface area contributed by atoms with E-state index >= 15 is 0 Å². The third-order valence-corrected chi connectivity index (χ3v) is 19.8. The standard InChI is InChI=1S/C21H16F5N7O3.C21H17F5N6O2.2C21H19F2N7O3/c22-12-4-2-1-3-11(12)9-33-16(14-5-6-36-32-14)7-15(31-33)18-28-8-13(23)17(30-18)29-10-20(35,19(27)34)21(24,25)26;1-20(33,21(24,25)26)11-28-18-14(23)9-27-19(29-18)16-8-17(15-6-7-34-31-15)32(30-16)10-12-4-2-3-5-13(12)22;2*1-21(32,20(24)31)11-26-18-14(23)9-25-19(27-18)16-8-17(15-6-7-33-29-15)30(28-16)10-12-4-2-3-5-13(12)22/h1-8,35H,9-10H2,(H2,27,34)(H,28,29,30);2-9,33H,10-11H2,1H3,(H,27,28,29);2*2-9,32H,10-11H2,1H3,(H2,24,31)(H,25,26,27)/t20-;;21-;/m1.0./s1. The van der Waals surface area contributed by atoms with Crippen molar-refractivity contribution in [2.75, 3.05) is 47.4 Å². The van der Waals surface area contributed by atoms with E-state index in [9.17, 15) is 96.3 Å². The fraction of sp³-hybridized carbons (Fsp3) is 0.202. The second-order valence-corrected chi connectivity index (χ2v) is 29.9. The van der Waals surface area contributed by atoms with Crippen molar-refractivity contribution in [3.05, 3.63) is 264 Å². The second-order valence-electron chi connectivity index (χ2n) is 29.9. The van der Waals surface area contributed by atoms with Gasteiger partial charge in [-0.3, -0.25) is 33.1 Å². The van der Waals surface area contributed by atoms with Gasteiger partial charge in [-0.2, -0.15) is 46.7 Å². The lowest BCUT2D eigenvalue weighted by Gasteiger charge is -2.27. The largest absolute Gasteiger partial charge is 0.428 e. The molecule has 52 heteroatoms. The number of aromatic nitrogens is 20. The van der Waals surface area contributed by atoms with Crippen molar-refractivity contribution in [3.8, 4) is 91.6 Å². The lowest BCUT2D eigenvalue weighted by molar-refractivity contribution is -0.246. The highest BCUT2D eigenvalue weighted by atomic mass is 19.4. The van der Waals surface area contributed by atoms with Crippen molar-refractivity contribution in [1.82, 2.24) is 99.6 Å². The number of carbonyl (C=O) groups is 3. The Morgan fingerprint density at radius 1 is 0.331 bits per heavy atom. The molecule has 0 aliphatic heterocycles. The molecule has 12 aromatic heterocycles. The number of nitrogens with zero attached hydrogens (tertiary/aromatic N) is 20. The first-order valence-corrected chi connectivity index (χ1v) is 39.4. The normalized spacial score (nSPS) is 13.2. The molecular weight excluding hydrogens is 1830 g/mol. The molecule has 0 aliphatic rings. The predicted octanol–water partition coefficient (Wildman–Crippen LogP) is 10.5. The molecule has 0 saturated carbocycles. The molecule has 4 atom stereocenters. The van der Waals surface area contributed by atoms with Crippen LogP contribution in [0.15, 0.2) is 214 Å². The number of benzene rings is 4. The average molecular weight is 1900 g/mol. The highest BCUT2D eigenvalue weighted by molar-refractivity contribution is 5.85. The van der Waals surface area contributed by atoms with Crippen LogP contribution >= 0.6 is 0 Å². The molecule has 38 nitrogen and oxygen atoms in total. The molecule has 3 amide bonds. The number of primary amides is 3. The summed E-state index contributed by atoms with van der Waals surface area (Å²) in [4.78, 5) is 65.4. The van der Waals surface area contributed by atoms with E-state index in [1.807, 2.05) is 5.32 Å². The number of carbonyl (C=O) groups excluding carboxylic acids is 3. The van der Waals surface area contributed by atoms with Gasteiger partial charge in [-0.15, -0.1) is 0 Å². The summed E-state index contributed by atoms with van der Waals surface area (Å²) in [5.74, 6) is -11.6. The van der Waals surface area contributed by atoms with Gasteiger partial charge in [-0.1, -0.05) is 93.4 Å². The molecule has 0 radical (unpaired) electrons. The van der Waals surface area contributed by atoms with Crippen LogP contribution in [0.3, 0.4) is 0 Å². The number of nitrogens with one attached hydrogen (secondary N) is 4. The average Bonchev–Trinajstić information content (AvgIpc) is 1.78. The van der Waals surface area contributed by atoms with E-state index in [1.54, 1.807) is 97.1 Å². The first-order valence-electron chi connectivity index (χ1n) is 39.4. The number of aliphatic hydroxyl groups is 4. The molecule has 0 saturated heterocycles. The van der Waals surface area contributed by atoms with Crippen molar-refractivity contribution in [2.45, 2.75) is 81.7 Å². The maximum atomic E-state index is 14.2. The topological polar surface area (TPSA) is 537 Å². The minimum absolute atomic E-state index is 0.00954. The third kappa shape index (κ3) is 22.9. The van der Waals surface area contributed by atoms with Gasteiger partial charge in [-0.25, -0.2) is 75.0 Å². The summed E-state index contributed by atoms with van der Waals surface area (Å²) in [6.07, 6.45) is -1.70. The van der Waals surface area contributed by atoms with Crippen molar-refractivity contribution in [1.29, 1.82) is 0 Å². The van der Waals surface area contributed by atoms with Crippen molar-refractivity contribution >= 4 is 41.0 Å². The number of nitrogens with two attached hydrogens (primary N) is 3. The molecule has 12 heterocycles. The molecular formula is C84H71F14N27O11. The summed E-state index contributed by atoms with van der Waals surface area (Å²) < 4.78 is 217. The minimum atomic E-state index is -5.43. The number of hydrogen-bond acceptors (Lipinski definition) is 31. The molecule has 2 unspecified atom stereocenters. The van der Waals surface area contributed by atoms with Gasteiger partial charge >= 0.3 is 12.4 Å². The summed E-state index contributed by atoms with van der Waals surface area (Å²) in [7, 11) is 0. The van der Waals surface area contributed by atoms with E-state index < -0.39 is 124 Å². The summed E-state index contributed by atoms with van der Waals surface area (Å²) in [6, 6.07) is 37.0. The van der Waals surface area contributed by atoms with Crippen LogP contribution in [0.2, 0.25) is 0 Å². The minimum Gasteiger partial charge on any atom is -0.379 e. The van der Waals surface area contributed by atoms with Gasteiger partial charge < -0.3 is 77.0 Å². The predicted molar refractivity (Wildman–Crippen MR) is 447 cm³/mol. The van der Waals surface area contributed by atoms with Crippen LogP contribution in [0.4, 0.5) is 84.7 Å². The van der Waals surface area contributed by atoms with Gasteiger partial charge in [0.25, 0.3) is 23.3 Å². The number of halogens is 14. The van der Waals surface area contributed by atoms with Crippen LogP contribution in [0.5, 0.6) is 0 Å². The van der Waals surface area contributed by atoms with Crippen LogP contribution in [-0.2, 0) is 40.6 Å². The number of amides is 3. The van der Waals surface area contributed by atoms with E-state index in [-0.39, 0.29) is 103 Å². The van der Waals surface area contributed by atoms with E-state index in [0.29, 0.717) is 75.4 Å². The lowest BCUT2D eigenvalue weighted by atomic mass is 10.0. The maximum absolute atomic E-state index is 14.2. The zero-order chi connectivity index (χ0) is 97.8. The zero-order valence-electron chi connectivity index (χ0n) is 70.2. The third-order valence-electron chi connectivity index (χ3n) is 19.8. The Labute approximate surface area is 754 Å². The highest BCUT2D eigenvalue weighted by Crippen LogP contribution is 2.36. The molecule has 14 N–H and O–H groups in total. The Kier molecular flexibility index (Phi) is 28.9.